The summed E-state index contributed by atoms with van der Waals surface area (Å²) in [6.45, 7) is 2.84. The van der Waals surface area contributed by atoms with Gasteiger partial charge in [-0.1, -0.05) is 12.1 Å². The number of aryl methyl sites for hydroxylation is 1. The van der Waals surface area contributed by atoms with Gasteiger partial charge in [0.15, 0.2) is 0 Å². The Balaban J connectivity index is 2.09. The highest BCUT2D eigenvalue weighted by Crippen LogP contribution is 2.17. The Labute approximate surface area is 112 Å². The number of thiol groups is 1. The fraction of sp³-hybridized carbons (Fsp3) is 0.231. The molecular formula is C13H16N4S. The van der Waals surface area contributed by atoms with E-state index in [2.05, 4.69) is 52.3 Å². The number of nitrogens with zero attached hydrogens (tertiary/aromatic N) is 2. The zero-order valence-corrected chi connectivity index (χ0v) is 11.1. The van der Waals surface area contributed by atoms with Gasteiger partial charge >= 0.3 is 0 Å². The van der Waals surface area contributed by atoms with Crippen molar-refractivity contribution in [1.29, 1.82) is 0 Å². The highest BCUT2D eigenvalue weighted by Gasteiger charge is 1.99. The fourth-order valence-electron chi connectivity index (χ4n) is 1.58. The maximum absolute atomic E-state index is 4.19. The largest absolute Gasteiger partial charge is 0.369 e. The lowest BCUT2D eigenvalue weighted by Crippen LogP contribution is -2.05. The predicted molar refractivity (Wildman–Crippen MR) is 78.8 cm³/mol. The van der Waals surface area contributed by atoms with Gasteiger partial charge in [-0.05, 0) is 24.6 Å². The van der Waals surface area contributed by atoms with Crippen molar-refractivity contribution in [2.45, 2.75) is 6.92 Å². The van der Waals surface area contributed by atoms with Gasteiger partial charge in [0.25, 0.3) is 0 Å². The normalized spacial score (nSPS) is 10.1. The summed E-state index contributed by atoms with van der Waals surface area (Å²) in [6, 6.07) is 10.0. The van der Waals surface area contributed by atoms with Crippen molar-refractivity contribution in [3.8, 4) is 0 Å². The van der Waals surface area contributed by atoms with Gasteiger partial charge in [0, 0.05) is 24.1 Å². The molecule has 0 atom stereocenters. The lowest BCUT2D eigenvalue weighted by atomic mass is 10.2. The Kier molecular flexibility index (Phi) is 4.41. The molecule has 94 valence electrons. The first kappa shape index (κ1) is 12.7. The Morgan fingerprint density at radius 1 is 1.17 bits per heavy atom. The topological polar surface area (TPSA) is 49.8 Å². The van der Waals surface area contributed by atoms with Crippen LogP contribution in [-0.2, 0) is 0 Å². The summed E-state index contributed by atoms with van der Waals surface area (Å²) in [7, 11) is 0. The van der Waals surface area contributed by atoms with E-state index in [0.29, 0.717) is 0 Å². The minimum absolute atomic E-state index is 0.768. The summed E-state index contributed by atoms with van der Waals surface area (Å²) in [5.41, 5.74) is 2.23. The van der Waals surface area contributed by atoms with E-state index in [1.54, 1.807) is 6.33 Å². The van der Waals surface area contributed by atoms with Crippen molar-refractivity contribution in [3.05, 3.63) is 42.2 Å². The minimum Gasteiger partial charge on any atom is -0.369 e. The SMILES string of the molecule is Cc1cccc(Nc2cc(NCCS)ncn2)c1. The van der Waals surface area contributed by atoms with Crippen molar-refractivity contribution in [2.75, 3.05) is 22.9 Å². The Morgan fingerprint density at radius 3 is 2.78 bits per heavy atom. The smallest absolute Gasteiger partial charge is 0.135 e. The summed E-state index contributed by atoms with van der Waals surface area (Å²) in [4.78, 5) is 8.33. The average Bonchev–Trinajstić information content (AvgIpc) is 2.37. The molecule has 0 unspecified atom stereocenters. The molecule has 2 N–H and O–H groups in total. The van der Waals surface area contributed by atoms with Gasteiger partial charge in [-0.3, -0.25) is 0 Å². The second-order valence-electron chi connectivity index (χ2n) is 3.93. The molecule has 18 heavy (non-hydrogen) atoms. The molecule has 0 spiro atoms. The third kappa shape index (κ3) is 3.63. The minimum atomic E-state index is 0.768. The first-order valence-corrected chi connectivity index (χ1v) is 6.41. The third-order valence-electron chi connectivity index (χ3n) is 2.38. The Hall–Kier alpha value is -1.75. The number of aromatic nitrogens is 2. The van der Waals surface area contributed by atoms with Crippen LogP contribution in [-0.4, -0.2) is 22.3 Å². The highest BCUT2D eigenvalue weighted by molar-refractivity contribution is 7.80. The lowest BCUT2D eigenvalue weighted by Gasteiger charge is -2.08. The van der Waals surface area contributed by atoms with Crippen molar-refractivity contribution >= 4 is 30.0 Å². The van der Waals surface area contributed by atoms with Crippen molar-refractivity contribution in [2.24, 2.45) is 0 Å². The maximum Gasteiger partial charge on any atom is 0.135 e. The van der Waals surface area contributed by atoms with Crippen LogP contribution in [0.1, 0.15) is 5.56 Å². The van der Waals surface area contributed by atoms with Crippen LogP contribution in [0.3, 0.4) is 0 Å². The highest BCUT2D eigenvalue weighted by atomic mass is 32.1. The van der Waals surface area contributed by atoms with Gasteiger partial charge in [0.1, 0.15) is 18.0 Å². The number of benzene rings is 1. The zero-order chi connectivity index (χ0) is 12.8. The van der Waals surface area contributed by atoms with E-state index in [4.69, 9.17) is 0 Å². The van der Waals surface area contributed by atoms with Crippen LogP contribution in [0.2, 0.25) is 0 Å². The molecule has 0 saturated heterocycles. The number of nitrogens with one attached hydrogen (secondary N) is 2. The van der Waals surface area contributed by atoms with Crippen LogP contribution < -0.4 is 10.6 Å². The second-order valence-corrected chi connectivity index (χ2v) is 4.38. The van der Waals surface area contributed by atoms with Crippen molar-refractivity contribution in [3.63, 3.8) is 0 Å². The average molecular weight is 260 g/mol. The molecule has 0 amide bonds. The van der Waals surface area contributed by atoms with Crippen LogP contribution in [0, 0.1) is 6.92 Å². The molecule has 5 heteroatoms. The van der Waals surface area contributed by atoms with Crippen molar-refractivity contribution < 1.29 is 0 Å². The summed E-state index contributed by atoms with van der Waals surface area (Å²) in [5, 5.41) is 6.42. The first-order chi connectivity index (χ1) is 8.78. The molecule has 1 aromatic carbocycles. The molecule has 0 aliphatic rings. The Morgan fingerprint density at radius 2 is 2.00 bits per heavy atom. The molecule has 0 bridgehead atoms. The van der Waals surface area contributed by atoms with E-state index in [0.717, 1.165) is 29.6 Å². The summed E-state index contributed by atoms with van der Waals surface area (Å²) >= 11 is 4.15. The number of anilines is 3. The van der Waals surface area contributed by atoms with Crippen LogP contribution in [0.15, 0.2) is 36.7 Å². The summed E-state index contributed by atoms with van der Waals surface area (Å²) in [6.07, 6.45) is 1.54. The third-order valence-corrected chi connectivity index (χ3v) is 2.60. The van der Waals surface area contributed by atoms with Gasteiger partial charge in [0.05, 0.1) is 0 Å². The zero-order valence-electron chi connectivity index (χ0n) is 10.2. The van der Waals surface area contributed by atoms with Crippen LogP contribution in [0.25, 0.3) is 0 Å². The van der Waals surface area contributed by atoms with Gasteiger partial charge < -0.3 is 10.6 Å². The number of hydrogen-bond donors (Lipinski definition) is 3. The molecule has 4 nitrogen and oxygen atoms in total. The molecule has 0 saturated carbocycles. The molecule has 0 aliphatic heterocycles. The van der Waals surface area contributed by atoms with Crippen LogP contribution in [0.4, 0.5) is 17.3 Å². The van der Waals surface area contributed by atoms with Crippen molar-refractivity contribution in [1.82, 2.24) is 9.97 Å². The van der Waals surface area contributed by atoms with E-state index >= 15 is 0 Å². The van der Waals surface area contributed by atoms with E-state index in [-0.39, 0.29) is 0 Å². The maximum atomic E-state index is 4.19. The fourth-order valence-corrected chi connectivity index (χ4v) is 1.69. The molecule has 2 rings (SSSR count). The first-order valence-electron chi connectivity index (χ1n) is 5.78. The molecule has 1 heterocycles. The summed E-state index contributed by atoms with van der Waals surface area (Å²) in [5.74, 6) is 2.34. The van der Waals surface area contributed by atoms with E-state index in [9.17, 15) is 0 Å². The molecule has 0 radical (unpaired) electrons. The number of rotatable bonds is 5. The van der Waals surface area contributed by atoms with Crippen LogP contribution >= 0.6 is 12.6 Å². The second kappa shape index (κ2) is 6.26. The summed E-state index contributed by atoms with van der Waals surface area (Å²) < 4.78 is 0. The molecule has 0 aliphatic carbocycles. The van der Waals surface area contributed by atoms with Crippen LogP contribution in [0.5, 0.6) is 0 Å². The quantitative estimate of drug-likeness (QED) is 0.724. The lowest BCUT2D eigenvalue weighted by molar-refractivity contribution is 1.12. The van der Waals surface area contributed by atoms with Gasteiger partial charge in [0.2, 0.25) is 0 Å². The standard InChI is InChI=1S/C13H16N4S/c1-10-3-2-4-11(7-10)17-13-8-12(14-5-6-18)15-9-16-13/h2-4,7-9,18H,5-6H2,1H3,(H2,14,15,16,17). The van der Waals surface area contributed by atoms with Gasteiger partial charge in [-0.15, -0.1) is 0 Å². The van der Waals surface area contributed by atoms with E-state index < -0.39 is 0 Å². The van der Waals surface area contributed by atoms with E-state index in [1.807, 2.05) is 18.2 Å². The van der Waals surface area contributed by atoms with Gasteiger partial charge in [-0.2, -0.15) is 12.6 Å². The molecular weight excluding hydrogens is 244 g/mol. The predicted octanol–water partition coefficient (Wildman–Crippen LogP) is 2.87. The monoisotopic (exact) mass is 260 g/mol. The number of hydrogen-bond acceptors (Lipinski definition) is 5. The van der Waals surface area contributed by atoms with E-state index in [1.165, 1.54) is 5.56 Å². The molecule has 1 aromatic heterocycles. The van der Waals surface area contributed by atoms with Gasteiger partial charge in [-0.25, -0.2) is 9.97 Å². The Bertz CT molecular complexity index is 516. The molecule has 0 fully saturated rings. The molecule has 2 aromatic rings.